The predicted molar refractivity (Wildman–Crippen MR) is 52.6 cm³/mol. The first kappa shape index (κ1) is 8.28. The van der Waals surface area contributed by atoms with Crippen molar-refractivity contribution in [1.82, 2.24) is 0 Å². The lowest BCUT2D eigenvalue weighted by Crippen LogP contribution is -2.35. The maximum atomic E-state index is 6.15. The lowest BCUT2D eigenvalue weighted by Gasteiger charge is -2.34. The van der Waals surface area contributed by atoms with Crippen molar-refractivity contribution >= 4 is 0 Å². The Morgan fingerprint density at radius 2 is 1.69 bits per heavy atom. The van der Waals surface area contributed by atoms with Gasteiger partial charge in [0, 0.05) is 0 Å². The van der Waals surface area contributed by atoms with Gasteiger partial charge in [0.25, 0.3) is 0 Å². The summed E-state index contributed by atoms with van der Waals surface area (Å²) in [5.41, 5.74) is 0.380. The highest BCUT2D eigenvalue weighted by Gasteiger charge is 2.51. The molecule has 1 heterocycles. The van der Waals surface area contributed by atoms with Crippen LogP contribution in [0.1, 0.15) is 51.4 Å². The van der Waals surface area contributed by atoms with E-state index in [1.54, 1.807) is 0 Å². The van der Waals surface area contributed by atoms with Crippen molar-refractivity contribution in [3.8, 4) is 0 Å². The van der Waals surface area contributed by atoms with Gasteiger partial charge in [-0.15, -0.1) is 0 Å². The van der Waals surface area contributed by atoms with Gasteiger partial charge in [0.1, 0.15) is 0 Å². The van der Waals surface area contributed by atoms with E-state index in [4.69, 9.17) is 4.74 Å². The van der Waals surface area contributed by atoms with Crippen molar-refractivity contribution in [2.24, 2.45) is 11.8 Å². The Labute approximate surface area is 80.8 Å². The molecule has 1 saturated heterocycles. The van der Waals surface area contributed by atoms with Gasteiger partial charge in [-0.05, 0) is 37.5 Å². The molecule has 0 N–H and O–H groups in total. The topological polar surface area (TPSA) is 9.23 Å². The fraction of sp³-hybridized carbons (Fsp3) is 1.00. The summed E-state index contributed by atoms with van der Waals surface area (Å²) in [4.78, 5) is 0. The summed E-state index contributed by atoms with van der Waals surface area (Å²) in [7, 11) is 0. The Bertz CT molecular complexity index is 193. The number of ether oxygens (including phenoxy) is 1. The van der Waals surface area contributed by atoms with Crippen LogP contribution in [0.15, 0.2) is 0 Å². The minimum atomic E-state index is 0.380. The zero-order valence-corrected chi connectivity index (χ0v) is 8.43. The van der Waals surface area contributed by atoms with Crippen LogP contribution >= 0.6 is 0 Å². The van der Waals surface area contributed by atoms with Gasteiger partial charge in [-0.25, -0.2) is 0 Å². The third kappa shape index (κ3) is 1.16. The van der Waals surface area contributed by atoms with E-state index in [1.807, 2.05) is 0 Å². The van der Waals surface area contributed by atoms with Gasteiger partial charge in [-0.3, -0.25) is 0 Å². The molecule has 1 aliphatic heterocycles. The van der Waals surface area contributed by atoms with E-state index < -0.39 is 0 Å². The fourth-order valence-electron chi connectivity index (χ4n) is 3.97. The number of fused-ring (bicyclic) bond motifs is 2. The first-order chi connectivity index (χ1) is 6.41. The summed E-state index contributed by atoms with van der Waals surface area (Å²) in [5, 5.41) is 0. The van der Waals surface area contributed by atoms with Gasteiger partial charge < -0.3 is 4.74 Å². The molecule has 3 aliphatic rings. The molecule has 1 nitrogen and oxygen atoms in total. The van der Waals surface area contributed by atoms with Crippen LogP contribution in [0.4, 0.5) is 0 Å². The summed E-state index contributed by atoms with van der Waals surface area (Å²) in [5.74, 6) is 1.88. The normalized spacial score (nSPS) is 42.5. The minimum absolute atomic E-state index is 0.380. The third-order valence-corrected chi connectivity index (χ3v) is 4.62. The van der Waals surface area contributed by atoms with E-state index in [0.29, 0.717) is 5.60 Å². The van der Waals surface area contributed by atoms with Crippen molar-refractivity contribution < 1.29 is 4.74 Å². The molecule has 74 valence electrons. The molecule has 1 heteroatoms. The molecule has 1 spiro atoms. The lowest BCUT2D eigenvalue weighted by atomic mass is 9.72. The Hall–Kier alpha value is -0.0400. The molecule has 2 atom stereocenters. The van der Waals surface area contributed by atoms with Crippen molar-refractivity contribution in [1.29, 1.82) is 0 Å². The molecular formula is C12H20O. The lowest BCUT2D eigenvalue weighted by molar-refractivity contribution is -0.0183. The van der Waals surface area contributed by atoms with Gasteiger partial charge >= 0.3 is 0 Å². The van der Waals surface area contributed by atoms with Crippen LogP contribution in [0.2, 0.25) is 0 Å². The van der Waals surface area contributed by atoms with Crippen LogP contribution in [0.25, 0.3) is 0 Å². The largest absolute Gasteiger partial charge is 0.374 e. The Kier molecular flexibility index (Phi) is 1.90. The SMILES string of the molecule is C1CC[C@H]2[C@@H](C1)COC21CCCC1. The first-order valence-corrected chi connectivity index (χ1v) is 6.05. The van der Waals surface area contributed by atoms with Crippen LogP contribution in [-0.2, 0) is 4.74 Å². The highest BCUT2D eigenvalue weighted by Crippen LogP contribution is 2.52. The summed E-state index contributed by atoms with van der Waals surface area (Å²) >= 11 is 0. The van der Waals surface area contributed by atoms with Gasteiger partial charge in [-0.1, -0.05) is 25.7 Å². The van der Waals surface area contributed by atoms with Gasteiger partial charge in [0.2, 0.25) is 0 Å². The minimum Gasteiger partial charge on any atom is -0.374 e. The van der Waals surface area contributed by atoms with E-state index in [-0.39, 0.29) is 0 Å². The van der Waals surface area contributed by atoms with Crippen molar-refractivity contribution in [2.45, 2.75) is 57.0 Å². The maximum absolute atomic E-state index is 6.15. The Balaban J connectivity index is 1.82. The second-order valence-corrected chi connectivity index (χ2v) is 5.23. The average molecular weight is 180 g/mol. The standard InChI is InChI=1S/C12H20O/c1-2-6-11-10(5-1)9-13-12(11)7-3-4-8-12/h10-11H,1-9H2/t10-,11-/m0/s1. The molecule has 0 unspecified atom stereocenters. The van der Waals surface area contributed by atoms with Gasteiger partial charge in [0.05, 0.1) is 12.2 Å². The second kappa shape index (κ2) is 2.98. The molecule has 2 saturated carbocycles. The van der Waals surface area contributed by atoms with Crippen molar-refractivity contribution in [3.05, 3.63) is 0 Å². The highest BCUT2D eigenvalue weighted by atomic mass is 16.5. The van der Waals surface area contributed by atoms with E-state index in [0.717, 1.165) is 18.4 Å². The van der Waals surface area contributed by atoms with E-state index in [9.17, 15) is 0 Å². The molecule has 2 aliphatic carbocycles. The Morgan fingerprint density at radius 1 is 0.923 bits per heavy atom. The number of rotatable bonds is 0. The van der Waals surface area contributed by atoms with E-state index in [1.165, 1.54) is 51.4 Å². The fourth-order valence-corrected chi connectivity index (χ4v) is 3.97. The molecule has 0 aromatic carbocycles. The van der Waals surface area contributed by atoms with Crippen LogP contribution in [0.5, 0.6) is 0 Å². The second-order valence-electron chi connectivity index (χ2n) is 5.23. The number of hydrogen-bond donors (Lipinski definition) is 0. The molecule has 0 aromatic heterocycles. The average Bonchev–Trinajstić information content (AvgIpc) is 2.78. The third-order valence-electron chi connectivity index (χ3n) is 4.62. The molecule has 3 rings (SSSR count). The molecule has 13 heavy (non-hydrogen) atoms. The van der Waals surface area contributed by atoms with Gasteiger partial charge in [0.15, 0.2) is 0 Å². The molecule has 0 radical (unpaired) electrons. The van der Waals surface area contributed by atoms with Crippen LogP contribution in [0.3, 0.4) is 0 Å². The maximum Gasteiger partial charge on any atom is 0.0714 e. The van der Waals surface area contributed by atoms with Gasteiger partial charge in [-0.2, -0.15) is 0 Å². The van der Waals surface area contributed by atoms with Crippen molar-refractivity contribution in [2.75, 3.05) is 6.61 Å². The summed E-state index contributed by atoms with van der Waals surface area (Å²) in [6.45, 7) is 1.09. The van der Waals surface area contributed by atoms with Crippen LogP contribution in [-0.4, -0.2) is 12.2 Å². The molecule has 0 amide bonds. The summed E-state index contributed by atoms with van der Waals surface area (Å²) < 4.78 is 6.15. The summed E-state index contributed by atoms with van der Waals surface area (Å²) in [6.07, 6.45) is 11.4. The summed E-state index contributed by atoms with van der Waals surface area (Å²) in [6, 6.07) is 0. The van der Waals surface area contributed by atoms with Crippen LogP contribution < -0.4 is 0 Å². The zero-order valence-electron chi connectivity index (χ0n) is 8.43. The smallest absolute Gasteiger partial charge is 0.0714 e. The molecule has 3 fully saturated rings. The quantitative estimate of drug-likeness (QED) is 0.556. The molecule has 0 aromatic rings. The molecule has 0 bridgehead atoms. The monoisotopic (exact) mass is 180 g/mol. The number of hydrogen-bond acceptors (Lipinski definition) is 1. The molecular weight excluding hydrogens is 160 g/mol. The first-order valence-electron chi connectivity index (χ1n) is 6.05. The van der Waals surface area contributed by atoms with E-state index in [2.05, 4.69) is 0 Å². The highest BCUT2D eigenvalue weighted by molar-refractivity contribution is 5.00. The van der Waals surface area contributed by atoms with Crippen LogP contribution in [0, 0.1) is 11.8 Å². The zero-order chi connectivity index (χ0) is 8.73. The predicted octanol–water partition coefficient (Wildman–Crippen LogP) is 3.14. The van der Waals surface area contributed by atoms with Crippen molar-refractivity contribution in [3.63, 3.8) is 0 Å². The Morgan fingerprint density at radius 3 is 2.54 bits per heavy atom. The van der Waals surface area contributed by atoms with E-state index >= 15 is 0 Å².